The molecule has 10 nitrogen and oxygen atoms in total. The Labute approximate surface area is 225 Å². The van der Waals surface area contributed by atoms with Gasteiger partial charge in [-0.3, -0.25) is 5.32 Å². The van der Waals surface area contributed by atoms with Crippen LogP contribution in [0.3, 0.4) is 0 Å². The van der Waals surface area contributed by atoms with E-state index in [1.165, 1.54) is 0 Å². The van der Waals surface area contributed by atoms with Gasteiger partial charge in [0.05, 0.1) is 18.8 Å². The first-order valence-corrected chi connectivity index (χ1v) is 16.8. The number of nitrogens with one attached hydrogen (secondary N) is 2. The van der Waals surface area contributed by atoms with Gasteiger partial charge in [0.1, 0.15) is 23.9 Å². The summed E-state index contributed by atoms with van der Waals surface area (Å²) in [5.41, 5.74) is 2.38. The lowest BCUT2D eigenvalue weighted by atomic mass is 10.1. The molecule has 2 amide bonds. The summed E-state index contributed by atoms with van der Waals surface area (Å²) in [5.74, 6) is 1.69. The van der Waals surface area contributed by atoms with Gasteiger partial charge in [0.15, 0.2) is 0 Å². The summed E-state index contributed by atoms with van der Waals surface area (Å²) >= 11 is 0. The molecule has 0 unspecified atom stereocenters. The molecule has 1 aliphatic rings. The summed E-state index contributed by atoms with van der Waals surface area (Å²) in [4.78, 5) is 23.7. The normalized spacial score (nSPS) is 13.7. The van der Waals surface area contributed by atoms with Crippen LogP contribution in [-0.4, -0.2) is 80.5 Å². The average molecular weight is 541 g/mol. The van der Waals surface area contributed by atoms with Gasteiger partial charge in [0.25, 0.3) is 0 Å². The minimum atomic E-state index is -1.22. The molecule has 0 radical (unpaired) electrons. The van der Waals surface area contributed by atoms with Gasteiger partial charge in [-0.25, -0.2) is 14.8 Å². The maximum Gasteiger partial charge on any atom is 0.320 e. The van der Waals surface area contributed by atoms with Crippen LogP contribution in [0.5, 0.6) is 11.6 Å². The highest BCUT2D eigenvalue weighted by atomic mass is 28.3. The third kappa shape index (κ3) is 7.46. The van der Waals surface area contributed by atoms with Crippen LogP contribution < -0.4 is 20.1 Å². The van der Waals surface area contributed by atoms with E-state index in [4.69, 9.17) is 19.2 Å². The Bertz CT molecular complexity index is 1250. The number of nitrogens with zero attached hydrogens (tertiary/aromatic N) is 4. The van der Waals surface area contributed by atoms with Gasteiger partial charge in [-0.1, -0.05) is 19.6 Å². The first-order chi connectivity index (χ1) is 18.1. The molecule has 0 bridgehead atoms. The number of carbonyl (C=O) groups excluding carboxylic acids is 1. The van der Waals surface area contributed by atoms with Crippen molar-refractivity contribution in [1.29, 1.82) is 0 Å². The largest absolute Gasteiger partial charge is 0.490 e. The molecule has 1 aliphatic carbocycles. The number of ether oxygens (including phenoxy) is 3. The van der Waals surface area contributed by atoms with E-state index in [1.807, 2.05) is 41.9 Å². The number of hydrogen-bond donors (Lipinski definition) is 2. The Morgan fingerprint density at radius 2 is 2.00 bits per heavy atom. The molecule has 2 N–H and O–H groups in total. The number of rotatable bonds is 13. The van der Waals surface area contributed by atoms with Crippen LogP contribution in [0.1, 0.15) is 12.8 Å². The smallest absolute Gasteiger partial charge is 0.320 e. The number of aromatic nitrogens is 3. The van der Waals surface area contributed by atoms with E-state index in [-0.39, 0.29) is 12.1 Å². The van der Waals surface area contributed by atoms with Crippen LogP contribution in [-0.2, 0) is 11.5 Å². The zero-order valence-electron chi connectivity index (χ0n) is 23.3. The van der Waals surface area contributed by atoms with E-state index in [9.17, 15) is 4.79 Å². The van der Waals surface area contributed by atoms with Gasteiger partial charge >= 0.3 is 6.03 Å². The molecule has 1 fully saturated rings. The molecule has 4 rings (SSSR count). The van der Waals surface area contributed by atoms with Crippen LogP contribution in [0, 0.1) is 0 Å². The third-order valence-corrected chi connectivity index (χ3v) is 7.90. The topological polar surface area (TPSA) is 103 Å². The van der Waals surface area contributed by atoms with Crippen LogP contribution >= 0.6 is 0 Å². The number of fused-ring (bicyclic) bond motifs is 1. The Morgan fingerprint density at radius 1 is 1.21 bits per heavy atom. The predicted octanol–water partition coefficient (Wildman–Crippen LogP) is 4.64. The van der Waals surface area contributed by atoms with E-state index in [0.29, 0.717) is 37.2 Å². The van der Waals surface area contributed by atoms with Gasteiger partial charge in [-0.05, 0) is 51.2 Å². The fourth-order valence-electron chi connectivity index (χ4n) is 3.92. The van der Waals surface area contributed by atoms with Crippen molar-refractivity contribution in [2.75, 3.05) is 46.2 Å². The van der Waals surface area contributed by atoms with E-state index >= 15 is 0 Å². The highest BCUT2D eigenvalue weighted by Crippen LogP contribution is 2.43. The van der Waals surface area contributed by atoms with Gasteiger partial charge in [-0.2, -0.15) is 0 Å². The monoisotopic (exact) mass is 540 g/mol. The first kappa shape index (κ1) is 27.9. The number of hydrogen-bond acceptors (Lipinski definition) is 7. The van der Waals surface area contributed by atoms with Crippen molar-refractivity contribution in [2.24, 2.45) is 0 Å². The molecule has 3 aromatic rings. The molecule has 38 heavy (non-hydrogen) atoms. The minimum Gasteiger partial charge on any atom is -0.490 e. The third-order valence-electron chi connectivity index (χ3n) is 6.19. The van der Waals surface area contributed by atoms with Crippen molar-refractivity contribution in [1.82, 2.24) is 24.8 Å². The molecule has 11 heteroatoms. The fraction of sp³-hybridized carbons (Fsp3) is 0.519. The Balaban J connectivity index is 1.67. The molecule has 3 aromatic heterocycles. The Hall–Kier alpha value is -3.15. The average Bonchev–Trinajstić information content (AvgIpc) is 3.60. The number of anilines is 1. The van der Waals surface area contributed by atoms with Crippen molar-refractivity contribution in [3.63, 3.8) is 0 Å². The number of amides is 2. The van der Waals surface area contributed by atoms with Gasteiger partial charge < -0.3 is 29.0 Å². The molecular weight excluding hydrogens is 500 g/mol. The second-order valence-electron chi connectivity index (χ2n) is 11.1. The molecule has 1 saturated carbocycles. The van der Waals surface area contributed by atoms with Gasteiger partial charge in [-0.15, -0.1) is 0 Å². The summed E-state index contributed by atoms with van der Waals surface area (Å²) in [7, 11) is 4.32. The van der Waals surface area contributed by atoms with Crippen LogP contribution in [0.15, 0.2) is 30.6 Å². The molecule has 3 heterocycles. The Kier molecular flexibility index (Phi) is 8.90. The highest BCUT2D eigenvalue weighted by molar-refractivity contribution is 6.76. The van der Waals surface area contributed by atoms with E-state index < -0.39 is 8.07 Å². The lowest BCUT2D eigenvalue weighted by Gasteiger charge is -2.15. The summed E-state index contributed by atoms with van der Waals surface area (Å²) in [6, 6.07) is 6.42. The molecule has 0 aliphatic heterocycles. The predicted molar refractivity (Wildman–Crippen MR) is 153 cm³/mol. The number of likely N-dealkylation sites (N-methyl/N-ethyl adjacent to an activating group) is 1. The van der Waals surface area contributed by atoms with E-state index in [1.54, 1.807) is 19.4 Å². The standard InChI is InChI=1S/C27H40N6O4Si/c1-32(2)14-13-29-27(34)31-23-10-9-20-21(17-33(25(20)30-23)18-36-15-16-38(4,5)6)24-22(37-19-7-8-19)11-12-28-26(24)35-3/h9-12,17,19H,7-8,13-16,18H2,1-6H3,(H2,29,30,31,34). The lowest BCUT2D eigenvalue weighted by Crippen LogP contribution is -2.34. The second-order valence-corrected chi connectivity index (χ2v) is 16.7. The lowest BCUT2D eigenvalue weighted by molar-refractivity contribution is 0.0899. The summed E-state index contributed by atoms with van der Waals surface area (Å²) < 4.78 is 19.9. The maximum atomic E-state index is 12.4. The van der Waals surface area contributed by atoms with Crippen molar-refractivity contribution in [3.8, 4) is 22.8 Å². The van der Waals surface area contributed by atoms with E-state index in [2.05, 4.69) is 35.3 Å². The Morgan fingerprint density at radius 3 is 2.68 bits per heavy atom. The number of carbonyl (C=O) groups is 1. The molecule has 0 atom stereocenters. The van der Waals surface area contributed by atoms with E-state index in [0.717, 1.165) is 47.7 Å². The second kappa shape index (κ2) is 12.1. The molecule has 0 saturated heterocycles. The van der Waals surface area contributed by atoms with Gasteiger partial charge in [0, 0.05) is 51.1 Å². The van der Waals surface area contributed by atoms with Gasteiger partial charge in [0.2, 0.25) is 5.88 Å². The number of urea groups is 1. The number of methoxy groups -OCH3 is 1. The molecule has 0 aromatic carbocycles. The summed E-state index contributed by atoms with van der Waals surface area (Å²) in [6.07, 6.45) is 6.02. The first-order valence-electron chi connectivity index (χ1n) is 13.1. The summed E-state index contributed by atoms with van der Waals surface area (Å²) in [6.45, 7) is 9.31. The van der Waals surface area contributed by atoms with Crippen molar-refractivity contribution < 1.29 is 19.0 Å². The van der Waals surface area contributed by atoms with Crippen molar-refractivity contribution >= 4 is 31.0 Å². The van der Waals surface area contributed by atoms with Crippen molar-refractivity contribution in [2.45, 2.75) is 51.4 Å². The minimum absolute atomic E-state index is 0.221. The maximum absolute atomic E-state index is 12.4. The SMILES string of the molecule is COc1nccc(OC2CC2)c1-c1cn(COCC[Si](C)(C)C)c2nc(NC(=O)NCCN(C)C)ccc12. The van der Waals surface area contributed by atoms with Crippen LogP contribution in [0.2, 0.25) is 25.7 Å². The molecular formula is C27H40N6O4Si. The fourth-order valence-corrected chi connectivity index (χ4v) is 4.68. The molecule has 0 spiro atoms. The quantitative estimate of drug-likeness (QED) is 0.240. The zero-order chi connectivity index (χ0) is 27.3. The van der Waals surface area contributed by atoms with Crippen LogP contribution in [0.25, 0.3) is 22.2 Å². The zero-order valence-corrected chi connectivity index (χ0v) is 24.3. The number of pyridine rings is 2. The van der Waals surface area contributed by atoms with Crippen LogP contribution in [0.4, 0.5) is 10.6 Å². The van der Waals surface area contributed by atoms with Crippen molar-refractivity contribution in [3.05, 3.63) is 30.6 Å². The summed E-state index contributed by atoms with van der Waals surface area (Å²) in [5, 5.41) is 6.60. The molecule has 206 valence electrons. The highest BCUT2D eigenvalue weighted by Gasteiger charge is 2.27.